The van der Waals surface area contributed by atoms with Gasteiger partial charge in [0.2, 0.25) is 10.0 Å². The third-order valence-corrected chi connectivity index (χ3v) is 5.26. The molecule has 0 spiro atoms. The standard InChI is InChI=1S/C13H20N2O2S/c1-15(12-6-7-12)18(16,17)13-8-4-11(5-9-13)3-2-10-14/h4-5,8-9,12H,2-3,6-7,10,14H2,1H3. The van der Waals surface area contributed by atoms with Crippen molar-refractivity contribution in [2.75, 3.05) is 13.6 Å². The van der Waals surface area contributed by atoms with Crippen molar-refractivity contribution < 1.29 is 8.42 Å². The molecule has 0 amide bonds. The largest absolute Gasteiger partial charge is 0.330 e. The van der Waals surface area contributed by atoms with E-state index in [1.165, 1.54) is 4.31 Å². The quantitative estimate of drug-likeness (QED) is 0.847. The molecule has 1 aliphatic carbocycles. The minimum absolute atomic E-state index is 0.201. The first-order valence-electron chi connectivity index (χ1n) is 6.33. The zero-order valence-electron chi connectivity index (χ0n) is 10.7. The molecule has 1 saturated carbocycles. The fourth-order valence-corrected chi connectivity index (χ4v) is 3.35. The predicted octanol–water partition coefficient (Wildman–Crippen LogP) is 1.36. The molecule has 0 aromatic heterocycles. The molecule has 1 aliphatic rings. The Morgan fingerprint density at radius 2 is 1.89 bits per heavy atom. The highest BCUT2D eigenvalue weighted by Crippen LogP contribution is 2.30. The summed E-state index contributed by atoms with van der Waals surface area (Å²) in [6.45, 7) is 0.657. The van der Waals surface area contributed by atoms with Gasteiger partial charge in [0, 0.05) is 13.1 Å². The second kappa shape index (κ2) is 5.38. The number of nitrogens with two attached hydrogens (primary N) is 1. The summed E-state index contributed by atoms with van der Waals surface area (Å²) in [5.74, 6) is 0. The highest BCUT2D eigenvalue weighted by Gasteiger charge is 2.34. The van der Waals surface area contributed by atoms with E-state index in [-0.39, 0.29) is 6.04 Å². The van der Waals surface area contributed by atoms with Crippen LogP contribution in [0.3, 0.4) is 0 Å². The van der Waals surface area contributed by atoms with Crippen molar-refractivity contribution in [1.82, 2.24) is 4.31 Å². The molecule has 0 saturated heterocycles. The van der Waals surface area contributed by atoms with Gasteiger partial charge in [-0.1, -0.05) is 12.1 Å². The van der Waals surface area contributed by atoms with Crippen LogP contribution in [0.25, 0.3) is 0 Å². The van der Waals surface area contributed by atoms with Crippen LogP contribution >= 0.6 is 0 Å². The van der Waals surface area contributed by atoms with E-state index in [0.717, 1.165) is 31.2 Å². The molecule has 18 heavy (non-hydrogen) atoms. The highest BCUT2D eigenvalue weighted by molar-refractivity contribution is 7.89. The molecule has 0 radical (unpaired) electrons. The van der Waals surface area contributed by atoms with E-state index in [1.54, 1.807) is 19.2 Å². The van der Waals surface area contributed by atoms with E-state index < -0.39 is 10.0 Å². The zero-order valence-corrected chi connectivity index (χ0v) is 11.5. The van der Waals surface area contributed by atoms with Crippen LogP contribution in [0.1, 0.15) is 24.8 Å². The number of aryl methyl sites for hydroxylation is 1. The van der Waals surface area contributed by atoms with Gasteiger partial charge in [-0.15, -0.1) is 0 Å². The summed E-state index contributed by atoms with van der Waals surface area (Å²) in [6, 6.07) is 7.35. The van der Waals surface area contributed by atoms with E-state index in [1.807, 2.05) is 12.1 Å². The van der Waals surface area contributed by atoms with Gasteiger partial charge in [-0.3, -0.25) is 0 Å². The molecular formula is C13H20N2O2S. The lowest BCUT2D eigenvalue weighted by Gasteiger charge is -2.16. The van der Waals surface area contributed by atoms with E-state index in [4.69, 9.17) is 5.73 Å². The minimum Gasteiger partial charge on any atom is -0.330 e. The van der Waals surface area contributed by atoms with Crippen molar-refractivity contribution in [2.24, 2.45) is 5.73 Å². The van der Waals surface area contributed by atoms with Crippen molar-refractivity contribution in [2.45, 2.75) is 36.6 Å². The maximum atomic E-state index is 12.2. The first-order chi connectivity index (χ1) is 8.55. The Morgan fingerprint density at radius 1 is 1.28 bits per heavy atom. The monoisotopic (exact) mass is 268 g/mol. The van der Waals surface area contributed by atoms with E-state index in [9.17, 15) is 8.42 Å². The molecule has 0 heterocycles. The number of nitrogens with zero attached hydrogens (tertiary/aromatic N) is 1. The van der Waals surface area contributed by atoms with Crippen molar-refractivity contribution in [3.8, 4) is 0 Å². The lowest BCUT2D eigenvalue weighted by atomic mass is 10.1. The van der Waals surface area contributed by atoms with Gasteiger partial charge in [0.1, 0.15) is 0 Å². The normalized spacial score (nSPS) is 16.2. The summed E-state index contributed by atoms with van der Waals surface area (Å²) in [7, 11) is -1.64. The number of rotatable bonds is 6. The van der Waals surface area contributed by atoms with Crippen molar-refractivity contribution >= 4 is 10.0 Å². The lowest BCUT2D eigenvalue weighted by Crippen LogP contribution is -2.28. The fourth-order valence-electron chi connectivity index (χ4n) is 1.93. The maximum Gasteiger partial charge on any atom is 0.243 e. The highest BCUT2D eigenvalue weighted by atomic mass is 32.2. The number of sulfonamides is 1. The molecule has 1 aromatic rings. The summed E-state index contributed by atoms with van der Waals surface area (Å²) in [5.41, 5.74) is 6.59. The van der Waals surface area contributed by atoms with Crippen molar-refractivity contribution in [3.05, 3.63) is 29.8 Å². The van der Waals surface area contributed by atoms with Crippen molar-refractivity contribution in [1.29, 1.82) is 0 Å². The molecule has 2 N–H and O–H groups in total. The third-order valence-electron chi connectivity index (χ3n) is 3.33. The molecule has 100 valence electrons. The summed E-state index contributed by atoms with van der Waals surface area (Å²) in [4.78, 5) is 0.383. The average Bonchev–Trinajstić information content (AvgIpc) is 3.20. The Morgan fingerprint density at radius 3 is 2.39 bits per heavy atom. The Balaban J connectivity index is 2.13. The predicted molar refractivity (Wildman–Crippen MR) is 71.8 cm³/mol. The topological polar surface area (TPSA) is 63.4 Å². The van der Waals surface area contributed by atoms with Crippen LogP contribution in [-0.2, 0) is 16.4 Å². The van der Waals surface area contributed by atoms with Gasteiger partial charge in [-0.05, 0) is 49.9 Å². The molecular weight excluding hydrogens is 248 g/mol. The minimum atomic E-state index is -3.30. The molecule has 1 aromatic carbocycles. The second-order valence-corrected chi connectivity index (χ2v) is 6.79. The van der Waals surface area contributed by atoms with Crippen LogP contribution < -0.4 is 5.73 Å². The Bertz CT molecular complexity index is 492. The molecule has 0 atom stereocenters. The summed E-state index contributed by atoms with van der Waals surface area (Å²) in [5, 5.41) is 0. The Hall–Kier alpha value is -0.910. The third kappa shape index (κ3) is 2.91. The summed E-state index contributed by atoms with van der Waals surface area (Å²) < 4.78 is 26.0. The molecule has 1 fully saturated rings. The number of hydrogen-bond donors (Lipinski definition) is 1. The summed E-state index contributed by atoms with van der Waals surface area (Å²) in [6.07, 6.45) is 3.78. The number of benzene rings is 1. The smallest absolute Gasteiger partial charge is 0.243 e. The van der Waals surface area contributed by atoms with Crippen LogP contribution in [-0.4, -0.2) is 32.4 Å². The lowest BCUT2D eigenvalue weighted by molar-refractivity contribution is 0.464. The van der Waals surface area contributed by atoms with Gasteiger partial charge < -0.3 is 5.73 Å². The van der Waals surface area contributed by atoms with Crippen LogP contribution in [0.4, 0.5) is 0 Å². The SMILES string of the molecule is CN(C1CC1)S(=O)(=O)c1ccc(CCCN)cc1. The van der Waals surface area contributed by atoms with E-state index in [2.05, 4.69) is 0 Å². The molecule has 0 bridgehead atoms. The van der Waals surface area contributed by atoms with Gasteiger partial charge >= 0.3 is 0 Å². The number of hydrogen-bond acceptors (Lipinski definition) is 3. The fraction of sp³-hybridized carbons (Fsp3) is 0.538. The van der Waals surface area contributed by atoms with Crippen LogP contribution in [0.15, 0.2) is 29.2 Å². The molecule has 5 heteroatoms. The maximum absolute atomic E-state index is 12.2. The first kappa shape index (κ1) is 13.5. The molecule has 0 unspecified atom stereocenters. The van der Waals surface area contributed by atoms with Crippen LogP contribution in [0, 0.1) is 0 Å². The van der Waals surface area contributed by atoms with Gasteiger partial charge in [0.05, 0.1) is 4.90 Å². The molecule has 0 aliphatic heterocycles. The summed E-state index contributed by atoms with van der Waals surface area (Å²) >= 11 is 0. The Kier molecular flexibility index (Phi) is 4.04. The molecule has 4 nitrogen and oxygen atoms in total. The van der Waals surface area contributed by atoms with Crippen molar-refractivity contribution in [3.63, 3.8) is 0 Å². The average molecular weight is 268 g/mol. The van der Waals surface area contributed by atoms with Gasteiger partial charge in [-0.2, -0.15) is 4.31 Å². The van der Waals surface area contributed by atoms with E-state index in [0.29, 0.717) is 11.4 Å². The second-order valence-electron chi connectivity index (χ2n) is 4.79. The molecule has 2 rings (SSSR count). The van der Waals surface area contributed by atoms with E-state index >= 15 is 0 Å². The first-order valence-corrected chi connectivity index (χ1v) is 7.77. The van der Waals surface area contributed by atoms with Crippen LogP contribution in [0.5, 0.6) is 0 Å². The zero-order chi connectivity index (χ0) is 13.2. The van der Waals surface area contributed by atoms with Gasteiger partial charge in [0.25, 0.3) is 0 Å². The van der Waals surface area contributed by atoms with Crippen LogP contribution in [0.2, 0.25) is 0 Å². The Labute approximate surface area is 109 Å². The van der Waals surface area contributed by atoms with Gasteiger partial charge in [-0.25, -0.2) is 8.42 Å². The van der Waals surface area contributed by atoms with Gasteiger partial charge in [0.15, 0.2) is 0 Å².